The van der Waals surface area contributed by atoms with E-state index in [2.05, 4.69) is 5.32 Å². The Balaban J connectivity index is 0.00000338. The zero-order valence-electron chi connectivity index (χ0n) is 15.2. The van der Waals surface area contributed by atoms with Crippen molar-refractivity contribution in [1.82, 2.24) is 5.32 Å². The van der Waals surface area contributed by atoms with Crippen molar-refractivity contribution in [2.24, 2.45) is 11.7 Å². The van der Waals surface area contributed by atoms with Crippen molar-refractivity contribution in [2.45, 2.75) is 45.1 Å². The third-order valence-corrected chi connectivity index (χ3v) is 4.49. The first-order valence-corrected chi connectivity index (χ1v) is 8.98. The molecular formula is C19H29ClN2O4. The topological polar surface area (TPSA) is 90.6 Å². The molecule has 146 valence electrons. The molecule has 0 unspecified atom stereocenters. The Morgan fingerprint density at radius 2 is 1.96 bits per heavy atom. The van der Waals surface area contributed by atoms with Crippen LogP contribution in [0.5, 0.6) is 5.75 Å². The largest absolute Gasteiger partial charge is 0.482 e. The number of ether oxygens (including phenoxy) is 2. The number of benzene rings is 1. The molecule has 1 aromatic rings. The molecule has 0 aliphatic heterocycles. The summed E-state index contributed by atoms with van der Waals surface area (Å²) in [5.74, 6) is 0.653. The van der Waals surface area contributed by atoms with Gasteiger partial charge in [0.25, 0.3) is 0 Å². The summed E-state index contributed by atoms with van der Waals surface area (Å²) in [7, 11) is 0. The number of carbonyl (C=O) groups is 2. The standard InChI is InChI=1S/C19H28N2O4.ClH/c1-2-24-19(23)13-25-16-8-6-14(7-9-16)10-11-21-18(22)12-15-4-3-5-17(15)20;/h6-9,15,17H,2-5,10-13,20H2,1H3,(H,21,22);1H/t15-,17+;/m0./s1. The average Bonchev–Trinajstić information content (AvgIpc) is 2.99. The second-order valence-corrected chi connectivity index (χ2v) is 6.40. The first-order chi connectivity index (χ1) is 12.1. The van der Waals surface area contributed by atoms with Crippen molar-refractivity contribution in [3.05, 3.63) is 29.8 Å². The summed E-state index contributed by atoms with van der Waals surface area (Å²) >= 11 is 0. The second kappa shape index (κ2) is 11.8. The third kappa shape index (κ3) is 7.62. The summed E-state index contributed by atoms with van der Waals surface area (Å²) in [5, 5.41) is 2.96. The molecule has 1 saturated carbocycles. The minimum Gasteiger partial charge on any atom is -0.482 e. The Hall–Kier alpha value is -1.79. The van der Waals surface area contributed by atoms with Crippen LogP contribution >= 0.6 is 12.4 Å². The van der Waals surface area contributed by atoms with Crippen LogP contribution in [-0.4, -0.2) is 37.7 Å². The van der Waals surface area contributed by atoms with Gasteiger partial charge in [-0.15, -0.1) is 12.4 Å². The molecule has 1 aliphatic carbocycles. The van der Waals surface area contributed by atoms with E-state index >= 15 is 0 Å². The van der Waals surface area contributed by atoms with Crippen molar-refractivity contribution in [3.63, 3.8) is 0 Å². The molecule has 0 heterocycles. The lowest BCUT2D eigenvalue weighted by molar-refractivity contribution is -0.145. The summed E-state index contributed by atoms with van der Waals surface area (Å²) in [4.78, 5) is 23.2. The summed E-state index contributed by atoms with van der Waals surface area (Å²) in [6, 6.07) is 7.66. The zero-order valence-corrected chi connectivity index (χ0v) is 16.1. The number of hydrogen-bond acceptors (Lipinski definition) is 5. The van der Waals surface area contributed by atoms with E-state index in [-0.39, 0.29) is 36.9 Å². The maximum absolute atomic E-state index is 12.0. The van der Waals surface area contributed by atoms with Crippen LogP contribution in [0.4, 0.5) is 0 Å². The fourth-order valence-corrected chi connectivity index (χ4v) is 3.07. The van der Waals surface area contributed by atoms with Crippen LogP contribution in [0.2, 0.25) is 0 Å². The van der Waals surface area contributed by atoms with E-state index in [0.717, 1.165) is 31.2 Å². The second-order valence-electron chi connectivity index (χ2n) is 6.40. The van der Waals surface area contributed by atoms with Gasteiger partial charge in [-0.1, -0.05) is 18.6 Å². The minimum atomic E-state index is -0.378. The quantitative estimate of drug-likeness (QED) is 0.637. The maximum Gasteiger partial charge on any atom is 0.344 e. The molecule has 26 heavy (non-hydrogen) atoms. The molecule has 2 atom stereocenters. The van der Waals surface area contributed by atoms with E-state index < -0.39 is 0 Å². The molecule has 0 saturated heterocycles. The normalized spacial score (nSPS) is 18.7. The van der Waals surface area contributed by atoms with E-state index in [1.165, 1.54) is 0 Å². The van der Waals surface area contributed by atoms with Crippen molar-refractivity contribution in [3.8, 4) is 5.75 Å². The van der Waals surface area contributed by atoms with E-state index in [0.29, 0.717) is 31.2 Å². The van der Waals surface area contributed by atoms with E-state index in [4.69, 9.17) is 15.2 Å². The molecule has 2 rings (SSSR count). The number of carbonyl (C=O) groups excluding carboxylic acids is 2. The summed E-state index contributed by atoms with van der Waals surface area (Å²) in [6.07, 6.45) is 4.50. The lowest BCUT2D eigenvalue weighted by Gasteiger charge is -2.14. The summed E-state index contributed by atoms with van der Waals surface area (Å²) in [5.41, 5.74) is 7.10. The summed E-state index contributed by atoms with van der Waals surface area (Å²) < 4.78 is 10.2. The molecule has 6 nitrogen and oxygen atoms in total. The molecule has 0 bridgehead atoms. The molecule has 0 radical (unpaired) electrons. The maximum atomic E-state index is 12.0. The molecular weight excluding hydrogens is 356 g/mol. The van der Waals surface area contributed by atoms with Crippen molar-refractivity contribution >= 4 is 24.3 Å². The van der Waals surface area contributed by atoms with Crippen molar-refractivity contribution in [2.75, 3.05) is 19.8 Å². The molecule has 3 N–H and O–H groups in total. The zero-order chi connectivity index (χ0) is 18.1. The van der Waals surface area contributed by atoms with Crippen LogP contribution < -0.4 is 15.8 Å². The smallest absolute Gasteiger partial charge is 0.344 e. The van der Waals surface area contributed by atoms with E-state index in [1.54, 1.807) is 6.92 Å². The van der Waals surface area contributed by atoms with Gasteiger partial charge in [0.05, 0.1) is 6.61 Å². The first kappa shape index (κ1) is 22.3. The number of nitrogens with one attached hydrogen (secondary N) is 1. The van der Waals surface area contributed by atoms with Gasteiger partial charge in [-0.05, 0) is 49.8 Å². The van der Waals surface area contributed by atoms with Crippen LogP contribution in [0, 0.1) is 5.92 Å². The highest BCUT2D eigenvalue weighted by Gasteiger charge is 2.25. The highest BCUT2D eigenvalue weighted by molar-refractivity contribution is 5.85. The Kier molecular flexibility index (Phi) is 10.1. The van der Waals surface area contributed by atoms with Crippen LogP contribution in [-0.2, 0) is 20.7 Å². The van der Waals surface area contributed by atoms with Gasteiger partial charge in [0.1, 0.15) is 5.75 Å². The Bertz CT molecular complexity index is 565. The van der Waals surface area contributed by atoms with Crippen LogP contribution in [0.15, 0.2) is 24.3 Å². The van der Waals surface area contributed by atoms with Gasteiger partial charge >= 0.3 is 5.97 Å². The lowest BCUT2D eigenvalue weighted by atomic mass is 10.00. The fraction of sp³-hybridized carbons (Fsp3) is 0.579. The van der Waals surface area contributed by atoms with Crippen LogP contribution in [0.3, 0.4) is 0 Å². The van der Waals surface area contributed by atoms with Gasteiger partial charge in [-0.25, -0.2) is 4.79 Å². The first-order valence-electron chi connectivity index (χ1n) is 8.98. The highest BCUT2D eigenvalue weighted by Crippen LogP contribution is 2.26. The van der Waals surface area contributed by atoms with Gasteiger partial charge in [0, 0.05) is 19.0 Å². The minimum absolute atomic E-state index is 0. The molecule has 1 aliphatic rings. The molecule has 1 aromatic carbocycles. The molecule has 0 aromatic heterocycles. The number of nitrogens with two attached hydrogens (primary N) is 1. The number of rotatable bonds is 9. The van der Waals surface area contributed by atoms with Crippen LogP contribution in [0.25, 0.3) is 0 Å². The predicted molar refractivity (Wildman–Crippen MR) is 102 cm³/mol. The monoisotopic (exact) mass is 384 g/mol. The Morgan fingerprint density at radius 3 is 2.58 bits per heavy atom. The number of hydrogen-bond donors (Lipinski definition) is 2. The lowest BCUT2D eigenvalue weighted by Crippen LogP contribution is -2.32. The van der Waals surface area contributed by atoms with Crippen molar-refractivity contribution in [1.29, 1.82) is 0 Å². The van der Waals surface area contributed by atoms with Gasteiger partial charge in [0.2, 0.25) is 5.91 Å². The molecule has 1 amide bonds. The molecule has 7 heteroatoms. The summed E-state index contributed by atoms with van der Waals surface area (Å²) in [6.45, 7) is 2.61. The highest BCUT2D eigenvalue weighted by atomic mass is 35.5. The Labute approximate surface area is 161 Å². The average molecular weight is 385 g/mol. The van der Waals surface area contributed by atoms with Gasteiger partial charge in [-0.3, -0.25) is 4.79 Å². The number of halogens is 1. The Morgan fingerprint density at radius 1 is 1.23 bits per heavy atom. The SMILES string of the molecule is CCOC(=O)COc1ccc(CCNC(=O)C[C@@H]2CCC[C@H]2N)cc1.Cl. The molecule has 1 fully saturated rings. The molecule has 0 spiro atoms. The van der Waals surface area contributed by atoms with Crippen LogP contribution in [0.1, 0.15) is 38.2 Å². The number of amides is 1. The van der Waals surface area contributed by atoms with E-state index in [1.807, 2.05) is 24.3 Å². The van der Waals surface area contributed by atoms with Gasteiger partial charge < -0.3 is 20.5 Å². The third-order valence-electron chi connectivity index (χ3n) is 4.49. The number of esters is 1. The van der Waals surface area contributed by atoms with Crippen molar-refractivity contribution < 1.29 is 19.1 Å². The van der Waals surface area contributed by atoms with Gasteiger partial charge in [-0.2, -0.15) is 0 Å². The van der Waals surface area contributed by atoms with Gasteiger partial charge in [0.15, 0.2) is 6.61 Å². The predicted octanol–water partition coefficient (Wildman–Crippen LogP) is 2.23. The fourth-order valence-electron chi connectivity index (χ4n) is 3.07. The van der Waals surface area contributed by atoms with E-state index in [9.17, 15) is 9.59 Å².